The summed E-state index contributed by atoms with van der Waals surface area (Å²) >= 11 is 0. The van der Waals surface area contributed by atoms with E-state index in [0.717, 1.165) is 12.1 Å². The van der Waals surface area contributed by atoms with Crippen molar-refractivity contribution in [2.24, 2.45) is 10.8 Å². The molecule has 2 N–H and O–H groups in total. The number of hydrogen-bond acceptors (Lipinski definition) is 4. The van der Waals surface area contributed by atoms with Gasteiger partial charge in [0.25, 0.3) is 0 Å². The monoisotopic (exact) mass is 279 g/mol. The van der Waals surface area contributed by atoms with Crippen molar-refractivity contribution in [3.63, 3.8) is 0 Å². The van der Waals surface area contributed by atoms with Crippen LogP contribution in [0, 0.1) is 10.8 Å². The van der Waals surface area contributed by atoms with E-state index in [4.69, 9.17) is 9.47 Å². The van der Waals surface area contributed by atoms with E-state index >= 15 is 0 Å². The van der Waals surface area contributed by atoms with E-state index in [0.29, 0.717) is 28.4 Å². The molecule has 4 nitrogen and oxygen atoms in total. The van der Waals surface area contributed by atoms with E-state index < -0.39 is 0 Å². The van der Waals surface area contributed by atoms with Gasteiger partial charge < -0.3 is 19.9 Å². The van der Waals surface area contributed by atoms with Gasteiger partial charge in [0, 0.05) is 12.6 Å². The lowest BCUT2D eigenvalue weighted by atomic mass is 10.0. The predicted octanol–water partition coefficient (Wildman–Crippen LogP) is 2.93. The molecule has 20 heavy (non-hydrogen) atoms. The molecular formula is C16H25NO3. The number of phenolic OH excluding ortho intramolecular Hbond substituents is 1. The Labute approximate surface area is 121 Å². The quantitative estimate of drug-likeness (QED) is 0.870. The molecule has 0 aromatic heterocycles. The van der Waals surface area contributed by atoms with Crippen molar-refractivity contribution >= 4 is 0 Å². The summed E-state index contributed by atoms with van der Waals surface area (Å²) in [5, 5.41) is 13.5. The predicted molar refractivity (Wildman–Crippen MR) is 79.4 cm³/mol. The molecule has 1 aromatic rings. The van der Waals surface area contributed by atoms with Crippen LogP contribution in [0.1, 0.15) is 33.3 Å². The first-order valence-corrected chi connectivity index (χ1v) is 6.93. The SMILES string of the molecule is COc1cc(CNC2C(C)(C)C2(C)C)cc(OC)c1O. The molecule has 0 amide bonds. The average molecular weight is 279 g/mol. The lowest BCUT2D eigenvalue weighted by Crippen LogP contribution is -2.21. The Balaban J connectivity index is 2.11. The highest BCUT2D eigenvalue weighted by Crippen LogP contribution is 2.62. The first-order valence-electron chi connectivity index (χ1n) is 6.93. The molecule has 1 aromatic carbocycles. The van der Waals surface area contributed by atoms with E-state index in [-0.39, 0.29) is 5.75 Å². The molecule has 0 aliphatic heterocycles. The van der Waals surface area contributed by atoms with Crippen molar-refractivity contribution in [3.8, 4) is 17.2 Å². The maximum atomic E-state index is 9.90. The standard InChI is InChI=1S/C16H25NO3/c1-15(2)14(16(15,3)4)17-9-10-7-11(19-5)13(18)12(8-10)20-6/h7-8,14,17-18H,9H2,1-6H3. The van der Waals surface area contributed by atoms with Crippen LogP contribution in [0.3, 0.4) is 0 Å². The Morgan fingerprint density at radius 1 is 1.05 bits per heavy atom. The Morgan fingerprint density at radius 3 is 1.85 bits per heavy atom. The largest absolute Gasteiger partial charge is 0.502 e. The molecule has 4 heteroatoms. The van der Waals surface area contributed by atoms with Gasteiger partial charge in [-0.15, -0.1) is 0 Å². The summed E-state index contributed by atoms with van der Waals surface area (Å²) in [7, 11) is 3.08. The molecule has 1 aliphatic carbocycles. The first kappa shape index (κ1) is 15.0. The number of rotatable bonds is 5. The zero-order valence-corrected chi connectivity index (χ0v) is 13.2. The topological polar surface area (TPSA) is 50.7 Å². The smallest absolute Gasteiger partial charge is 0.200 e. The van der Waals surface area contributed by atoms with Crippen LogP contribution in [0.25, 0.3) is 0 Å². The second-order valence-corrected chi connectivity index (χ2v) is 6.61. The third kappa shape index (κ3) is 2.22. The molecule has 1 saturated carbocycles. The van der Waals surface area contributed by atoms with E-state index in [2.05, 4.69) is 33.0 Å². The Bertz CT molecular complexity index is 469. The number of nitrogens with one attached hydrogen (secondary N) is 1. The highest BCUT2D eigenvalue weighted by atomic mass is 16.5. The third-order valence-corrected chi connectivity index (χ3v) is 5.07. The van der Waals surface area contributed by atoms with Crippen LogP contribution >= 0.6 is 0 Å². The van der Waals surface area contributed by atoms with Crippen molar-refractivity contribution in [1.29, 1.82) is 0 Å². The summed E-state index contributed by atoms with van der Waals surface area (Å²) < 4.78 is 10.3. The van der Waals surface area contributed by atoms with E-state index in [1.165, 1.54) is 0 Å². The number of aromatic hydroxyl groups is 1. The summed E-state index contributed by atoms with van der Waals surface area (Å²) in [4.78, 5) is 0. The van der Waals surface area contributed by atoms with Gasteiger partial charge in [-0.1, -0.05) is 27.7 Å². The highest BCUT2D eigenvalue weighted by molar-refractivity contribution is 5.52. The summed E-state index contributed by atoms with van der Waals surface area (Å²) in [6.45, 7) is 9.85. The number of phenols is 1. The van der Waals surface area contributed by atoms with Crippen molar-refractivity contribution in [3.05, 3.63) is 17.7 Å². The summed E-state index contributed by atoms with van der Waals surface area (Å²) in [5.41, 5.74) is 1.64. The molecule has 0 unspecified atom stereocenters. The minimum atomic E-state index is 0.0471. The average Bonchev–Trinajstić information content (AvgIpc) is 2.78. The van der Waals surface area contributed by atoms with Gasteiger partial charge in [-0.05, 0) is 28.5 Å². The van der Waals surface area contributed by atoms with Crippen LogP contribution in [-0.4, -0.2) is 25.4 Å². The van der Waals surface area contributed by atoms with Crippen molar-refractivity contribution < 1.29 is 14.6 Å². The summed E-state index contributed by atoms with van der Waals surface area (Å²) in [6.07, 6.45) is 0. The second kappa shape index (κ2) is 4.85. The van der Waals surface area contributed by atoms with Crippen LogP contribution in [0.2, 0.25) is 0 Å². The Hall–Kier alpha value is -1.42. The second-order valence-electron chi connectivity index (χ2n) is 6.61. The molecule has 0 atom stereocenters. The number of ether oxygens (including phenoxy) is 2. The normalized spacial score (nSPS) is 19.7. The lowest BCUT2D eigenvalue weighted by Gasteiger charge is -2.12. The minimum absolute atomic E-state index is 0.0471. The molecule has 0 spiro atoms. The zero-order valence-electron chi connectivity index (χ0n) is 13.2. The van der Waals surface area contributed by atoms with Gasteiger partial charge in [-0.3, -0.25) is 0 Å². The van der Waals surface area contributed by atoms with Crippen LogP contribution < -0.4 is 14.8 Å². The van der Waals surface area contributed by atoms with Crippen LogP contribution in [-0.2, 0) is 6.54 Å². The first-order chi connectivity index (χ1) is 9.25. The van der Waals surface area contributed by atoms with E-state index in [1.807, 2.05) is 12.1 Å². The van der Waals surface area contributed by atoms with Gasteiger partial charge in [0.15, 0.2) is 11.5 Å². The van der Waals surface area contributed by atoms with Crippen molar-refractivity contribution in [2.75, 3.05) is 14.2 Å². The van der Waals surface area contributed by atoms with Gasteiger partial charge in [-0.2, -0.15) is 0 Å². The highest BCUT2D eigenvalue weighted by Gasteiger charge is 2.64. The molecule has 0 heterocycles. The third-order valence-electron chi connectivity index (χ3n) is 5.07. The lowest BCUT2D eigenvalue weighted by molar-refractivity contribution is 0.339. The summed E-state index contributed by atoms with van der Waals surface area (Å²) in [5.74, 6) is 0.928. The molecular weight excluding hydrogens is 254 g/mol. The molecule has 112 valence electrons. The van der Waals surface area contributed by atoms with Crippen LogP contribution in [0.5, 0.6) is 17.2 Å². The fourth-order valence-electron chi connectivity index (χ4n) is 2.98. The van der Waals surface area contributed by atoms with Gasteiger partial charge in [0.05, 0.1) is 14.2 Å². The van der Waals surface area contributed by atoms with Crippen molar-refractivity contribution in [2.45, 2.75) is 40.3 Å². The fourth-order valence-corrected chi connectivity index (χ4v) is 2.98. The van der Waals surface area contributed by atoms with Crippen molar-refractivity contribution in [1.82, 2.24) is 5.32 Å². The van der Waals surface area contributed by atoms with Gasteiger partial charge in [0.1, 0.15) is 0 Å². The van der Waals surface area contributed by atoms with Gasteiger partial charge >= 0.3 is 0 Å². The zero-order chi connectivity index (χ0) is 15.1. The maximum Gasteiger partial charge on any atom is 0.200 e. The van der Waals surface area contributed by atoms with E-state index in [9.17, 15) is 5.11 Å². The number of hydrogen-bond donors (Lipinski definition) is 2. The molecule has 0 radical (unpaired) electrons. The van der Waals surface area contributed by atoms with Gasteiger partial charge in [0.2, 0.25) is 5.75 Å². The van der Waals surface area contributed by atoms with Gasteiger partial charge in [-0.25, -0.2) is 0 Å². The maximum absolute atomic E-state index is 9.90. The molecule has 1 fully saturated rings. The Morgan fingerprint density at radius 2 is 1.50 bits per heavy atom. The fraction of sp³-hybridized carbons (Fsp3) is 0.625. The number of benzene rings is 1. The van der Waals surface area contributed by atoms with Crippen LogP contribution in [0.15, 0.2) is 12.1 Å². The molecule has 0 bridgehead atoms. The number of methoxy groups -OCH3 is 2. The molecule has 1 aliphatic rings. The van der Waals surface area contributed by atoms with Crippen LogP contribution in [0.4, 0.5) is 0 Å². The molecule has 2 rings (SSSR count). The summed E-state index contributed by atoms with van der Waals surface area (Å²) in [6, 6.07) is 4.17. The van der Waals surface area contributed by atoms with E-state index in [1.54, 1.807) is 14.2 Å². The Kier molecular flexibility index (Phi) is 3.63. The minimum Gasteiger partial charge on any atom is -0.502 e. The molecule has 0 saturated heterocycles.